The monoisotopic (exact) mass is 334 g/mol. The van der Waals surface area contributed by atoms with Crippen molar-refractivity contribution in [2.24, 2.45) is 0 Å². The SMILES string of the molecule is CCN(CC)CCCNCCS(=O)(=O)c1ccccc1.Cl. The maximum Gasteiger partial charge on any atom is 0.179 e. The number of rotatable bonds is 10. The zero-order chi connectivity index (χ0) is 14.8. The molecule has 1 aromatic rings. The van der Waals surface area contributed by atoms with Crippen molar-refractivity contribution in [1.82, 2.24) is 10.2 Å². The summed E-state index contributed by atoms with van der Waals surface area (Å²) in [5.41, 5.74) is 0. The summed E-state index contributed by atoms with van der Waals surface area (Å²) < 4.78 is 24.0. The number of hydrogen-bond donors (Lipinski definition) is 1. The molecule has 122 valence electrons. The highest BCUT2D eigenvalue weighted by Gasteiger charge is 2.12. The predicted octanol–water partition coefficient (Wildman–Crippen LogP) is 2.20. The summed E-state index contributed by atoms with van der Waals surface area (Å²) in [5.74, 6) is 0.155. The maximum atomic E-state index is 12.0. The molecule has 0 spiro atoms. The second kappa shape index (κ2) is 11.0. The van der Waals surface area contributed by atoms with E-state index in [1.807, 2.05) is 6.07 Å². The van der Waals surface area contributed by atoms with Gasteiger partial charge in [-0.15, -0.1) is 12.4 Å². The van der Waals surface area contributed by atoms with E-state index in [2.05, 4.69) is 24.1 Å². The minimum Gasteiger partial charge on any atom is -0.316 e. The van der Waals surface area contributed by atoms with E-state index in [4.69, 9.17) is 0 Å². The molecule has 0 bridgehead atoms. The van der Waals surface area contributed by atoms with Gasteiger partial charge in [-0.05, 0) is 44.7 Å². The lowest BCUT2D eigenvalue weighted by molar-refractivity contribution is 0.298. The highest BCUT2D eigenvalue weighted by molar-refractivity contribution is 7.91. The molecule has 6 heteroatoms. The number of nitrogens with one attached hydrogen (secondary N) is 1. The summed E-state index contributed by atoms with van der Waals surface area (Å²) in [4.78, 5) is 2.77. The first-order valence-corrected chi connectivity index (χ1v) is 8.96. The lowest BCUT2D eigenvalue weighted by Crippen LogP contribution is -2.29. The number of halogens is 1. The van der Waals surface area contributed by atoms with Crippen LogP contribution in [0.25, 0.3) is 0 Å². The summed E-state index contributed by atoms with van der Waals surface area (Å²) in [6.07, 6.45) is 1.05. The van der Waals surface area contributed by atoms with Crippen LogP contribution in [0.15, 0.2) is 35.2 Å². The molecule has 0 unspecified atom stereocenters. The van der Waals surface area contributed by atoms with Crippen LogP contribution >= 0.6 is 12.4 Å². The van der Waals surface area contributed by atoms with E-state index in [0.717, 1.165) is 32.6 Å². The quantitative estimate of drug-likeness (QED) is 0.666. The molecular weight excluding hydrogens is 308 g/mol. The van der Waals surface area contributed by atoms with Crippen molar-refractivity contribution in [2.75, 3.05) is 38.5 Å². The number of sulfone groups is 1. The second-order valence-corrected chi connectivity index (χ2v) is 6.87. The first-order chi connectivity index (χ1) is 9.60. The summed E-state index contributed by atoms with van der Waals surface area (Å²) in [6, 6.07) is 8.63. The Morgan fingerprint density at radius 1 is 1.05 bits per heavy atom. The van der Waals surface area contributed by atoms with Gasteiger partial charge in [-0.2, -0.15) is 0 Å². The molecule has 1 aromatic carbocycles. The highest BCUT2D eigenvalue weighted by atomic mass is 35.5. The van der Waals surface area contributed by atoms with E-state index in [1.165, 1.54) is 0 Å². The number of nitrogens with zero attached hydrogens (tertiary/aromatic N) is 1. The average Bonchev–Trinajstić information content (AvgIpc) is 2.47. The number of benzene rings is 1. The lowest BCUT2D eigenvalue weighted by Gasteiger charge is -2.17. The molecule has 0 fully saturated rings. The van der Waals surface area contributed by atoms with Crippen LogP contribution in [0, 0.1) is 0 Å². The molecule has 0 atom stereocenters. The van der Waals surface area contributed by atoms with Gasteiger partial charge in [0.25, 0.3) is 0 Å². The third-order valence-electron chi connectivity index (χ3n) is 3.37. The Balaban J connectivity index is 0.00000400. The third-order valence-corrected chi connectivity index (χ3v) is 5.10. The molecule has 1 rings (SSSR count). The van der Waals surface area contributed by atoms with Crippen LogP contribution in [0.2, 0.25) is 0 Å². The molecule has 1 N–H and O–H groups in total. The Kier molecular flexibility index (Phi) is 10.7. The molecule has 0 aliphatic heterocycles. The smallest absolute Gasteiger partial charge is 0.179 e. The van der Waals surface area contributed by atoms with Crippen molar-refractivity contribution in [3.8, 4) is 0 Å². The van der Waals surface area contributed by atoms with Gasteiger partial charge in [0.2, 0.25) is 0 Å². The third kappa shape index (κ3) is 7.81. The maximum absolute atomic E-state index is 12.0. The fourth-order valence-corrected chi connectivity index (χ4v) is 3.27. The molecule has 0 saturated carbocycles. The normalized spacial score (nSPS) is 11.4. The zero-order valence-corrected chi connectivity index (χ0v) is 14.5. The Morgan fingerprint density at radius 2 is 1.67 bits per heavy atom. The van der Waals surface area contributed by atoms with E-state index in [9.17, 15) is 8.42 Å². The molecule has 0 amide bonds. The van der Waals surface area contributed by atoms with Crippen LogP contribution < -0.4 is 5.32 Å². The van der Waals surface area contributed by atoms with Crippen LogP contribution in [0.1, 0.15) is 20.3 Å². The van der Waals surface area contributed by atoms with Gasteiger partial charge in [0.15, 0.2) is 9.84 Å². The number of hydrogen-bond acceptors (Lipinski definition) is 4. The fourth-order valence-electron chi connectivity index (χ4n) is 2.04. The van der Waals surface area contributed by atoms with Gasteiger partial charge in [0.1, 0.15) is 0 Å². The largest absolute Gasteiger partial charge is 0.316 e. The minimum absolute atomic E-state index is 0. The van der Waals surface area contributed by atoms with Gasteiger partial charge in [-0.25, -0.2) is 8.42 Å². The van der Waals surface area contributed by atoms with Crippen LogP contribution in [-0.4, -0.2) is 51.8 Å². The van der Waals surface area contributed by atoms with Gasteiger partial charge >= 0.3 is 0 Å². The van der Waals surface area contributed by atoms with Gasteiger partial charge in [-0.3, -0.25) is 0 Å². The summed E-state index contributed by atoms with van der Waals surface area (Å²) >= 11 is 0. The van der Waals surface area contributed by atoms with Crippen LogP contribution in [0.5, 0.6) is 0 Å². The van der Waals surface area contributed by atoms with Gasteiger partial charge in [0, 0.05) is 6.54 Å². The molecule has 0 radical (unpaired) electrons. The Hall–Kier alpha value is -0.620. The molecular formula is C15H27ClN2O2S. The topological polar surface area (TPSA) is 49.4 Å². The van der Waals surface area contributed by atoms with Gasteiger partial charge in [-0.1, -0.05) is 32.0 Å². The highest BCUT2D eigenvalue weighted by Crippen LogP contribution is 2.09. The molecule has 0 aromatic heterocycles. The first-order valence-electron chi connectivity index (χ1n) is 7.31. The van der Waals surface area contributed by atoms with Crippen molar-refractivity contribution in [1.29, 1.82) is 0 Å². The van der Waals surface area contributed by atoms with E-state index in [1.54, 1.807) is 24.3 Å². The van der Waals surface area contributed by atoms with E-state index in [-0.39, 0.29) is 18.2 Å². The van der Waals surface area contributed by atoms with Crippen molar-refractivity contribution < 1.29 is 8.42 Å². The van der Waals surface area contributed by atoms with Crippen molar-refractivity contribution in [3.05, 3.63) is 30.3 Å². The Bertz CT molecular complexity index is 462. The lowest BCUT2D eigenvalue weighted by atomic mass is 10.3. The fraction of sp³-hybridized carbons (Fsp3) is 0.600. The Labute approximate surface area is 135 Å². The molecule has 0 heterocycles. The minimum atomic E-state index is -3.15. The van der Waals surface area contributed by atoms with Crippen molar-refractivity contribution in [3.63, 3.8) is 0 Å². The summed E-state index contributed by atoms with van der Waals surface area (Å²) in [5, 5.41) is 3.21. The molecule has 21 heavy (non-hydrogen) atoms. The standard InChI is InChI=1S/C15H26N2O2S.ClH/c1-3-17(4-2)13-8-11-16-12-14-20(18,19)15-9-6-5-7-10-15;/h5-7,9-10,16H,3-4,8,11-14H2,1-2H3;1H. The molecule has 0 aliphatic rings. The predicted molar refractivity (Wildman–Crippen MR) is 91.0 cm³/mol. The van der Waals surface area contributed by atoms with Gasteiger partial charge < -0.3 is 10.2 Å². The molecule has 0 saturated heterocycles. The summed E-state index contributed by atoms with van der Waals surface area (Å²) in [6.45, 7) is 8.88. The van der Waals surface area contributed by atoms with Crippen LogP contribution in [0.4, 0.5) is 0 Å². The second-order valence-electron chi connectivity index (χ2n) is 4.76. The summed E-state index contributed by atoms with van der Waals surface area (Å²) in [7, 11) is -3.15. The van der Waals surface area contributed by atoms with E-state index < -0.39 is 9.84 Å². The van der Waals surface area contributed by atoms with Crippen molar-refractivity contribution in [2.45, 2.75) is 25.2 Å². The Morgan fingerprint density at radius 3 is 2.24 bits per heavy atom. The first kappa shape index (κ1) is 20.4. The zero-order valence-electron chi connectivity index (χ0n) is 12.9. The van der Waals surface area contributed by atoms with E-state index >= 15 is 0 Å². The molecule has 0 aliphatic carbocycles. The van der Waals surface area contributed by atoms with E-state index in [0.29, 0.717) is 11.4 Å². The van der Waals surface area contributed by atoms with Crippen LogP contribution in [0.3, 0.4) is 0 Å². The van der Waals surface area contributed by atoms with Crippen LogP contribution in [-0.2, 0) is 9.84 Å². The van der Waals surface area contributed by atoms with Gasteiger partial charge in [0.05, 0.1) is 10.6 Å². The van der Waals surface area contributed by atoms with Crippen molar-refractivity contribution >= 4 is 22.2 Å². The average molecular weight is 335 g/mol. The molecule has 4 nitrogen and oxygen atoms in total.